The molecule has 5 rings (SSSR count). The number of nitro benzene ring substituents is 3. The van der Waals surface area contributed by atoms with Gasteiger partial charge in [0.15, 0.2) is 17.2 Å². The van der Waals surface area contributed by atoms with E-state index in [4.69, 9.17) is 0 Å². The first-order valence-corrected chi connectivity index (χ1v) is 17.0. The topological polar surface area (TPSA) is 393 Å². The van der Waals surface area contributed by atoms with Crippen LogP contribution in [0.15, 0.2) is 107 Å². The van der Waals surface area contributed by atoms with Crippen molar-refractivity contribution in [2.75, 3.05) is 0 Å². The van der Waals surface area contributed by atoms with Gasteiger partial charge in [-0.3, -0.25) is 39.4 Å². The molecule has 0 bridgehead atoms. The summed E-state index contributed by atoms with van der Waals surface area (Å²) in [6.07, 6.45) is 0. The summed E-state index contributed by atoms with van der Waals surface area (Å²) < 4.78 is 66.7. The predicted molar refractivity (Wildman–Crippen MR) is 188 cm³/mol. The number of aromatic hydroxyl groups is 4. The van der Waals surface area contributed by atoms with Crippen LogP contribution in [0.25, 0.3) is 10.8 Å². The Morgan fingerprint density at radius 1 is 0.518 bits per heavy atom. The molecule has 56 heavy (non-hydrogen) atoms. The molecule has 0 aliphatic heterocycles. The number of nitro groups is 3. The SMILES string of the molecule is O=[N+]([O-])c1ccc(N=Nc2c(O)c(N=Nc3cc([N+](=O)[O-])cc([N+](=O)[O-])c3O)cc(N=Nc3cc(S(=O)(=O)O)cc4cc(S(=O)(=O)O)cc(O)c34)c2O)cc1.[Na]. The van der Waals surface area contributed by atoms with Gasteiger partial charge in [-0.05, 0) is 35.7 Å². The second-order valence-corrected chi connectivity index (χ2v) is 13.5. The minimum Gasteiger partial charge on any atom is -0.507 e. The monoisotopic (exact) mass is 822 g/mol. The molecule has 5 aromatic carbocycles. The zero-order valence-corrected chi connectivity index (χ0v) is 31.1. The quantitative estimate of drug-likeness (QED) is 0.0264. The summed E-state index contributed by atoms with van der Waals surface area (Å²) in [5.41, 5.74) is -6.22. The average molecular weight is 823 g/mol. The van der Waals surface area contributed by atoms with Crippen molar-refractivity contribution < 1.29 is 61.1 Å². The van der Waals surface area contributed by atoms with Gasteiger partial charge in [0, 0.05) is 59.9 Å². The summed E-state index contributed by atoms with van der Waals surface area (Å²) in [5.74, 6) is -4.18. The Balaban J connectivity index is 0.00000696. The van der Waals surface area contributed by atoms with E-state index in [1.165, 1.54) is 0 Å². The summed E-state index contributed by atoms with van der Waals surface area (Å²) >= 11 is 0. The summed E-state index contributed by atoms with van der Waals surface area (Å²) in [6, 6.07) is 8.77. The van der Waals surface area contributed by atoms with Gasteiger partial charge in [-0.2, -0.15) is 21.9 Å². The number of phenolic OH excluding ortho intramolecular Hbond substituents is 4. The van der Waals surface area contributed by atoms with E-state index in [0.29, 0.717) is 24.3 Å². The minimum atomic E-state index is -5.06. The molecule has 25 nitrogen and oxygen atoms in total. The van der Waals surface area contributed by atoms with Gasteiger partial charge in [-0.1, -0.05) is 0 Å². The van der Waals surface area contributed by atoms with Gasteiger partial charge in [0.1, 0.15) is 22.8 Å². The summed E-state index contributed by atoms with van der Waals surface area (Å²) in [6.45, 7) is 0. The molecule has 0 atom stereocenters. The Morgan fingerprint density at radius 3 is 1.48 bits per heavy atom. The van der Waals surface area contributed by atoms with Crippen LogP contribution < -0.4 is 0 Å². The van der Waals surface area contributed by atoms with Gasteiger partial charge < -0.3 is 20.4 Å². The molecular weight excluding hydrogens is 805 g/mol. The first-order valence-electron chi connectivity index (χ1n) is 14.2. The predicted octanol–water partition coefficient (Wildman–Crippen LogP) is 6.75. The number of azo groups is 3. The maximum atomic E-state index is 12.0. The molecule has 0 saturated carbocycles. The van der Waals surface area contributed by atoms with Crippen LogP contribution in [0, 0.1) is 30.3 Å². The van der Waals surface area contributed by atoms with Crippen LogP contribution in [0.2, 0.25) is 0 Å². The fraction of sp³-hybridized carbons (Fsp3) is 0. The van der Waals surface area contributed by atoms with Crippen LogP contribution in [0.4, 0.5) is 51.2 Å². The third-order valence-electron chi connectivity index (χ3n) is 7.08. The van der Waals surface area contributed by atoms with Crippen LogP contribution in [-0.2, 0) is 20.2 Å². The molecule has 0 amide bonds. The molecule has 5 aromatic rings. The van der Waals surface area contributed by atoms with E-state index < -0.39 is 118 Å². The Kier molecular flexibility index (Phi) is 12.0. The number of nitrogens with zero attached hydrogens (tertiary/aromatic N) is 9. The van der Waals surface area contributed by atoms with Gasteiger partial charge >= 0.3 is 5.69 Å². The normalized spacial score (nSPS) is 12.0. The number of phenols is 4. The van der Waals surface area contributed by atoms with Crippen molar-refractivity contribution in [1.29, 1.82) is 0 Å². The Labute approximate surface area is 331 Å². The average Bonchev–Trinajstić information content (AvgIpc) is 3.10. The molecule has 6 N–H and O–H groups in total. The van der Waals surface area contributed by atoms with Crippen molar-refractivity contribution in [2.45, 2.75) is 9.79 Å². The van der Waals surface area contributed by atoms with Gasteiger partial charge in [0.2, 0.25) is 5.75 Å². The number of benzene rings is 5. The molecule has 0 aromatic heterocycles. The Bertz CT molecular complexity index is 2790. The van der Waals surface area contributed by atoms with Crippen molar-refractivity contribution in [1.82, 2.24) is 0 Å². The molecule has 283 valence electrons. The van der Waals surface area contributed by atoms with Crippen molar-refractivity contribution in [2.24, 2.45) is 30.7 Å². The van der Waals surface area contributed by atoms with E-state index in [0.717, 1.165) is 42.5 Å². The number of hydrogen-bond acceptors (Lipinski definition) is 20. The third-order valence-corrected chi connectivity index (χ3v) is 8.74. The fourth-order valence-corrected chi connectivity index (χ4v) is 5.61. The van der Waals surface area contributed by atoms with E-state index >= 15 is 0 Å². The molecule has 0 aliphatic rings. The standard InChI is InChI=1S/C28H17N9O16S2.Na/c38-23-10-17(55(51,52)53)6-12-5-16(54(48,49)50)9-18(24(12)23)30-32-20-11-21(33-31-19-7-15(36(44)45)8-22(26(19)39)37(46)47)28(41)25(27(20)40)34-29-13-1-3-14(4-2-13)35(42)43;/h1-11,38-41H,(H,48,49,50)(H,51,52,53);. The number of non-ortho nitro benzene ring substituents is 2. The van der Waals surface area contributed by atoms with Crippen molar-refractivity contribution in [3.05, 3.63) is 97.1 Å². The van der Waals surface area contributed by atoms with Crippen molar-refractivity contribution >= 4 is 112 Å². The van der Waals surface area contributed by atoms with Gasteiger partial charge in [0.05, 0.1) is 47.4 Å². The third kappa shape index (κ3) is 9.01. The van der Waals surface area contributed by atoms with Crippen LogP contribution in [-0.4, -0.2) is 90.7 Å². The van der Waals surface area contributed by atoms with Crippen LogP contribution in [0.5, 0.6) is 23.0 Å². The van der Waals surface area contributed by atoms with Crippen molar-refractivity contribution in [3.8, 4) is 23.0 Å². The minimum absolute atomic E-state index is 0. The fourth-order valence-electron chi connectivity index (χ4n) is 4.54. The summed E-state index contributed by atoms with van der Waals surface area (Å²) in [7, 11) is -10.0. The zero-order valence-electron chi connectivity index (χ0n) is 27.5. The van der Waals surface area contributed by atoms with Gasteiger partial charge in [-0.25, -0.2) is 0 Å². The smallest absolute Gasteiger partial charge is 0.319 e. The van der Waals surface area contributed by atoms with E-state index in [1.807, 2.05) is 0 Å². The maximum Gasteiger partial charge on any atom is 0.319 e. The van der Waals surface area contributed by atoms with E-state index in [-0.39, 0.29) is 40.9 Å². The Morgan fingerprint density at radius 2 is 1.00 bits per heavy atom. The number of hydrogen-bond donors (Lipinski definition) is 6. The molecule has 1 radical (unpaired) electrons. The van der Waals surface area contributed by atoms with E-state index in [1.54, 1.807) is 0 Å². The second kappa shape index (κ2) is 16.0. The number of rotatable bonds is 11. The van der Waals surface area contributed by atoms with Crippen molar-refractivity contribution in [3.63, 3.8) is 0 Å². The molecule has 0 spiro atoms. The first kappa shape index (κ1) is 42.1. The molecule has 0 aliphatic carbocycles. The van der Waals surface area contributed by atoms with Crippen LogP contribution in [0.3, 0.4) is 0 Å². The first-order chi connectivity index (χ1) is 25.6. The zero-order chi connectivity index (χ0) is 40.6. The summed E-state index contributed by atoms with van der Waals surface area (Å²) in [5, 5.41) is 98.1. The molecule has 0 unspecified atom stereocenters. The second-order valence-electron chi connectivity index (χ2n) is 10.6. The summed E-state index contributed by atoms with van der Waals surface area (Å²) in [4.78, 5) is 29.0. The molecular formula is C28H17N9NaO16S2. The van der Waals surface area contributed by atoms with E-state index in [9.17, 15) is 76.7 Å². The molecule has 0 fully saturated rings. The number of fused-ring (bicyclic) bond motifs is 1. The molecule has 0 heterocycles. The molecule has 0 saturated heterocycles. The van der Waals surface area contributed by atoms with Gasteiger partial charge in [0.25, 0.3) is 31.6 Å². The maximum absolute atomic E-state index is 12.0. The van der Waals surface area contributed by atoms with Crippen LogP contribution in [0.1, 0.15) is 0 Å². The van der Waals surface area contributed by atoms with Crippen LogP contribution >= 0.6 is 0 Å². The largest absolute Gasteiger partial charge is 0.507 e. The van der Waals surface area contributed by atoms with Gasteiger partial charge in [-0.15, -0.1) is 25.6 Å². The Hall–Kier alpha value is -6.62. The van der Waals surface area contributed by atoms with E-state index in [2.05, 4.69) is 30.7 Å². The molecule has 28 heteroatoms.